The second-order valence-electron chi connectivity index (χ2n) is 4.91. The van der Waals surface area contributed by atoms with E-state index < -0.39 is 23.9 Å². The molecule has 2 heterocycles. The number of hydrogen-bond acceptors (Lipinski definition) is 6. The molecule has 2 aliphatic heterocycles. The van der Waals surface area contributed by atoms with Crippen LogP contribution in [-0.2, 0) is 9.47 Å². The van der Waals surface area contributed by atoms with Gasteiger partial charge < -0.3 is 9.47 Å². The van der Waals surface area contributed by atoms with Crippen molar-refractivity contribution in [2.75, 3.05) is 0 Å². The lowest BCUT2D eigenvalue weighted by Gasteiger charge is -2.04. The van der Waals surface area contributed by atoms with Crippen LogP contribution in [0.15, 0.2) is 24.3 Å². The third-order valence-corrected chi connectivity index (χ3v) is 5.22. The molecule has 4 rings (SSSR count). The number of carbonyl (C=O) groups is 4. The number of benzene rings is 2. The van der Waals surface area contributed by atoms with Crippen molar-refractivity contribution in [3.05, 3.63) is 66.6 Å². The zero-order valence-corrected chi connectivity index (χ0v) is 15.3. The first-order valence-electron chi connectivity index (χ1n) is 6.72. The topological polar surface area (TPSA) is 86.7 Å². The third-order valence-electron chi connectivity index (χ3n) is 3.41. The maximum absolute atomic E-state index is 11.2. The van der Waals surface area contributed by atoms with Gasteiger partial charge in [-0.05, 0) is 12.1 Å². The van der Waals surface area contributed by atoms with Gasteiger partial charge in [-0.1, -0.05) is 58.5 Å². The SMILES string of the molecule is O=C1OC(=O)c2c(Cl)c(Cl)c(Cl)c(Cl)c21.O=C1OC(=O)c2ccccc21. The van der Waals surface area contributed by atoms with E-state index in [0.29, 0.717) is 11.1 Å². The van der Waals surface area contributed by atoms with Crippen molar-refractivity contribution < 1.29 is 28.7 Å². The Hall–Kier alpha value is -2.12. The van der Waals surface area contributed by atoms with E-state index in [1.165, 1.54) is 0 Å². The van der Waals surface area contributed by atoms with Crippen molar-refractivity contribution in [2.24, 2.45) is 0 Å². The average molecular weight is 434 g/mol. The number of cyclic esters (lactones) is 4. The van der Waals surface area contributed by atoms with E-state index >= 15 is 0 Å². The van der Waals surface area contributed by atoms with Crippen LogP contribution in [-0.4, -0.2) is 23.9 Å². The van der Waals surface area contributed by atoms with Gasteiger partial charge in [-0.3, -0.25) is 0 Å². The van der Waals surface area contributed by atoms with Crippen molar-refractivity contribution in [1.82, 2.24) is 0 Å². The maximum Gasteiger partial charge on any atom is 0.348 e. The Balaban J connectivity index is 0.000000158. The molecule has 0 fully saturated rings. The first-order valence-corrected chi connectivity index (χ1v) is 8.23. The molecule has 0 aromatic heterocycles. The summed E-state index contributed by atoms with van der Waals surface area (Å²) in [5.41, 5.74) is 0.442. The number of esters is 4. The summed E-state index contributed by atoms with van der Waals surface area (Å²) in [6, 6.07) is 6.53. The first-order chi connectivity index (χ1) is 12.2. The zero-order valence-electron chi connectivity index (χ0n) is 12.3. The third kappa shape index (κ3) is 2.95. The predicted molar refractivity (Wildman–Crippen MR) is 92.4 cm³/mol. The highest BCUT2D eigenvalue weighted by Gasteiger charge is 2.37. The van der Waals surface area contributed by atoms with Gasteiger partial charge in [-0.2, -0.15) is 0 Å². The molecule has 0 saturated carbocycles. The summed E-state index contributed by atoms with van der Waals surface area (Å²) in [6.45, 7) is 0. The molecule has 6 nitrogen and oxygen atoms in total. The van der Waals surface area contributed by atoms with Crippen molar-refractivity contribution in [3.8, 4) is 0 Å². The molecule has 0 bridgehead atoms. The van der Waals surface area contributed by atoms with Gasteiger partial charge in [0.25, 0.3) is 0 Å². The molecule has 2 aliphatic rings. The van der Waals surface area contributed by atoms with Gasteiger partial charge in [0.1, 0.15) is 0 Å². The summed E-state index contributed by atoms with van der Waals surface area (Å²) in [6.07, 6.45) is 0. The minimum Gasteiger partial charge on any atom is -0.386 e. The lowest BCUT2D eigenvalue weighted by molar-refractivity contribution is 0.0425. The molecule has 0 radical (unpaired) electrons. The van der Waals surface area contributed by atoms with Crippen LogP contribution < -0.4 is 0 Å². The van der Waals surface area contributed by atoms with Crippen LogP contribution in [0.25, 0.3) is 0 Å². The van der Waals surface area contributed by atoms with Gasteiger partial charge in [-0.15, -0.1) is 0 Å². The number of hydrogen-bond donors (Lipinski definition) is 0. The molecule has 2 aromatic carbocycles. The van der Waals surface area contributed by atoms with E-state index in [9.17, 15) is 19.2 Å². The quantitative estimate of drug-likeness (QED) is 0.261. The highest BCUT2D eigenvalue weighted by Crippen LogP contribution is 2.44. The number of carbonyl (C=O) groups excluding carboxylic acids is 4. The van der Waals surface area contributed by atoms with E-state index in [1.807, 2.05) is 0 Å². The van der Waals surface area contributed by atoms with Crippen molar-refractivity contribution in [2.45, 2.75) is 0 Å². The monoisotopic (exact) mass is 432 g/mol. The molecule has 10 heteroatoms. The van der Waals surface area contributed by atoms with E-state index in [4.69, 9.17) is 46.4 Å². The Morgan fingerprint density at radius 3 is 1.27 bits per heavy atom. The summed E-state index contributed by atoms with van der Waals surface area (Å²) in [4.78, 5) is 44.1. The Bertz CT molecular complexity index is 936. The van der Waals surface area contributed by atoms with Gasteiger partial charge in [0, 0.05) is 0 Å². The molecule has 0 spiro atoms. The molecule has 0 amide bonds. The number of ether oxygens (including phenoxy) is 2. The van der Waals surface area contributed by atoms with E-state index in [2.05, 4.69) is 9.47 Å². The summed E-state index contributed by atoms with van der Waals surface area (Å²) in [7, 11) is 0. The summed E-state index contributed by atoms with van der Waals surface area (Å²) in [5, 5.41) is -0.406. The molecule has 132 valence electrons. The van der Waals surface area contributed by atoms with Crippen LogP contribution in [0.5, 0.6) is 0 Å². The second-order valence-corrected chi connectivity index (χ2v) is 6.42. The molecule has 0 N–H and O–H groups in total. The maximum atomic E-state index is 11.2. The second kappa shape index (κ2) is 6.89. The average Bonchev–Trinajstić information content (AvgIpc) is 3.08. The zero-order chi connectivity index (χ0) is 19.2. The van der Waals surface area contributed by atoms with Gasteiger partial charge >= 0.3 is 23.9 Å². The fourth-order valence-corrected chi connectivity index (χ4v) is 3.24. The first kappa shape index (κ1) is 18.7. The molecule has 0 unspecified atom stereocenters. The number of halogens is 4. The number of fused-ring (bicyclic) bond motifs is 2. The minimum absolute atomic E-state index is 0.0752. The van der Waals surface area contributed by atoms with Gasteiger partial charge in [0.05, 0.1) is 42.3 Å². The van der Waals surface area contributed by atoms with Gasteiger partial charge in [-0.25, -0.2) is 19.2 Å². The highest BCUT2D eigenvalue weighted by atomic mass is 35.5. The lowest BCUT2D eigenvalue weighted by Crippen LogP contribution is -1.97. The van der Waals surface area contributed by atoms with Crippen molar-refractivity contribution in [3.63, 3.8) is 0 Å². The van der Waals surface area contributed by atoms with Crippen LogP contribution in [0.1, 0.15) is 41.4 Å². The minimum atomic E-state index is -0.875. The van der Waals surface area contributed by atoms with E-state index in [-0.39, 0.29) is 31.2 Å². The van der Waals surface area contributed by atoms with Crippen LogP contribution >= 0.6 is 46.4 Å². The fourth-order valence-electron chi connectivity index (χ4n) is 2.23. The predicted octanol–water partition coefficient (Wildman–Crippen LogP) is 4.61. The lowest BCUT2D eigenvalue weighted by atomic mass is 10.1. The summed E-state index contributed by atoms with van der Waals surface area (Å²) < 4.78 is 8.69. The Kier molecular flexibility index (Phi) is 4.94. The van der Waals surface area contributed by atoms with Crippen LogP contribution in [0, 0.1) is 0 Å². The molecule has 0 aliphatic carbocycles. The molecule has 2 aromatic rings. The molecular weight excluding hydrogens is 430 g/mol. The van der Waals surface area contributed by atoms with Crippen LogP contribution in [0.4, 0.5) is 0 Å². The number of rotatable bonds is 0. The summed E-state index contributed by atoms with van der Waals surface area (Å²) in [5.74, 6) is -2.85. The van der Waals surface area contributed by atoms with E-state index in [0.717, 1.165) is 0 Å². The Labute approximate surface area is 165 Å². The van der Waals surface area contributed by atoms with Gasteiger partial charge in [0.2, 0.25) is 0 Å². The standard InChI is InChI=1S/C8Cl4O3.C8H4O3/c9-3-1-2(8(14)15-7(1)13)4(10)6(12)5(3)11;9-7-5-3-1-2-4-6(5)8(10)11-7/h;1-4H. The largest absolute Gasteiger partial charge is 0.386 e. The Morgan fingerprint density at radius 1 is 0.538 bits per heavy atom. The molecule has 0 saturated heterocycles. The van der Waals surface area contributed by atoms with Crippen LogP contribution in [0.3, 0.4) is 0 Å². The smallest absolute Gasteiger partial charge is 0.348 e. The van der Waals surface area contributed by atoms with Crippen molar-refractivity contribution >= 4 is 70.3 Å². The molecule has 0 atom stereocenters. The highest BCUT2D eigenvalue weighted by molar-refractivity contribution is 6.54. The molecule has 26 heavy (non-hydrogen) atoms. The van der Waals surface area contributed by atoms with Crippen LogP contribution in [0.2, 0.25) is 20.1 Å². The van der Waals surface area contributed by atoms with E-state index in [1.54, 1.807) is 24.3 Å². The van der Waals surface area contributed by atoms with Crippen molar-refractivity contribution in [1.29, 1.82) is 0 Å². The fraction of sp³-hybridized carbons (Fsp3) is 0. The summed E-state index contributed by atoms with van der Waals surface area (Å²) >= 11 is 22.9. The van der Waals surface area contributed by atoms with Gasteiger partial charge in [0.15, 0.2) is 0 Å². The molecular formula is C16H4Cl4O6. The Morgan fingerprint density at radius 2 is 0.885 bits per heavy atom. The normalized spacial score (nSPS) is 14.3.